The van der Waals surface area contributed by atoms with E-state index in [1.165, 1.54) is 5.56 Å². The fourth-order valence-electron chi connectivity index (χ4n) is 2.65. The predicted molar refractivity (Wildman–Crippen MR) is 99.8 cm³/mol. The quantitative estimate of drug-likeness (QED) is 0.475. The second-order valence-electron chi connectivity index (χ2n) is 6.09. The van der Waals surface area contributed by atoms with Gasteiger partial charge in [0.2, 0.25) is 0 Å². The second-order valence-corrected chi connectivity index (χ2v) is 6.09. The molecule has 1 aromatic heterocycles. The van der Waals surface area contributed by atoms with Crippen molar-refractivity contribution in [3.05, 3.63) is 83.6 Å². The summed E-state index contributed by atoms with van der Waals surface area (Å²) in [7, 11) is 0. The molecule has 0 unspecified atom stereocenters. The second kappa shape index (κ2) is 7.75. The Labute approximate surface area is 148 Å². The molecule has 0 amide bonds. The van der Waals surface area contributed by atoms with Crippen LogP contribution in [0.15, 0.2) is 66.9 Å². The molecule has 1 heterocycles. The van der Waals surface area contributed by atoms with Crippen LogP contribution >= 0.6 is 0 Å². The number of carbonyl (C=O) groups excluding carboxylic acids is 1. The number of ether oxygens (including phenoxy) is 1. The third-order valence-corrected chi connectivity index (χ3v) is 3.98. The summed E-state index contributed by atoms with van der Waals surface area (Å²) < 4.78 is 5.41. The van der Waals surface area contributed by atoms with Crippen molar-refractivity contribution in [3.8, 4) is 17.0 Å². The summed E-state index contributed by atoms with van der Waals surface area (Å²) >= 11 is 0. The van der Waals surface area contributed by atoms with Gasteiger partial charge in [-0.1, -0.05) is 43.7 Å². The van der Waals surface area contributed by atoms with Gasteiger partial charge in [0.05, 0.1) is 11.3 Å². The molecule has 3 heteroatoms. The van der Waals surface area contributed by atoms with Crippen molar-refractivity contribution >= 4 is 5.97 Å². The maximum Gasteiger partial charge on any atom is 0.343 e. The number of pyridine rings is 1. The lowest BCUT2D eigenvalue weighted by Crippen LogP contribution is -2.08. The van der Waals surface area contributed by atoms with Crippen LogP contribution in [0.25, 0.3) is 11.3 Å². The summed E-state index contributed by atoms with van der Waals surface area (Å²) in [5, 5.41) is 0. The Kier molecular flexibility index (Phi) is 5.24. The number of benzene rings is 2. The Balaban J connectivity index is 1.72. The molecule has 0 aliphatic carbocycles. The van der Waals surface area contributed by atoms with E-state index < -0.39 is 0 Å². The van der Waals surface area contributed by atoms with Crippen molar-refractivity contribution in [2.45, 2.75) is 26.7 Å². The zero-order chi connectivity index (χ0) is 17.6. The molecule has 0 radical (unpaired) electrons. The molecule has 25 heavy (non-hydrogen) atoms. The average molecular weight is 331 g/mol. The normalized spacial score (nSPS) is 10.5. The van der Waals surface area contributed by atoms with E-state index in [9.17, 15) is 4.79 Å². The smallest absolute Gasteiger partial charge is 0.343 e. The van der Waals surface area contributed by atoms with Crippen LogP contribution in [0.5, 0.6) is 5.75 Å². The Hall–Kier alpha value is -2.94. The van der Waals surface area contributed by atoms with E-state index in [1.54, 1.807) is 18.2 Å². The van der Waals surface area contributed by atoms with Crippen LogP contribution in [0, 0.1) is 6.92 Å². The van der Waals surface area contributed by atoms with E-state index in [0.717, 1.165) is 29.7 Å². The van der Waals surface area contributed by atoms with Gasteiger partial charge in [-0.3, -0.25) is 4.98 Å². The van der Waals surface area contributed by atoms with Gasteiger partial charge in [0, 0.05) is 11.8 Å². The molecule has 0 bridgehead atoms. The predicted octanol–water partition coefficient (Wildman–Crippen LogP) is 5.23. The van der Waals surface area contributed by atoms with Gasteiger partial charge in [0.25, 0.3) is 0 Å². The maximum absolute atomic E-state index is 12.3. The number of rotatable bonds is 5. The number of esters is 1. The van der Waals surface area contributed by atoms with Crippen LogP contribution in [-0.4, -0.2) is 11.0 Å². The molecule has 0 aliphatic rings. The Morgan fingerprint density at radius 2 is 1.84 bits per heavy atom. The molecular weight excluding hydrogens is 310 g/mol. The van der Waals surface area contributed by atoms with Crippen LogP contribution in [0.1, 0.15) is 34.8 Å². The van der Waals surface area contributed by atoms with Gasteiger partial charge in [-0.2, -0.15) is 0 Å². The minimum atomic E-state index is -0.358. The summed E-state index contributed by atoms with van der Waals surface area (Å²) in [6, 6.07) is 18.9. The van der Waals surface area contributed by atoms with Crippen molar-refractivity contribution in [2.75, 3.05) is 0 Å². The molecule has 0 fully saturated rings. The number of hydrogen-bond acceptors (Lipinski definition) is 3. The first-order valence-electron chi connectivity index (χ1n) is 8.50. The van der Waals surface area contributed by atoms with Crippen LogP contribution in [0.3, 0.4) is 0 Å². The van der Waals surface area contributed by atoms with Crippen LogP contribution in [0.4, 0.5) is 0 Å². The molecule has 0 saturated heterocycles. The first-order chi connectivity index (χ1) is 12.2. The number of nitrogens with zero attached hydrogens (tertiary/aromatic N) is 1. The van der Waals surface area contributed by atoms with Gasteiger partial charge in [-0.25, -0.2) is 4.79 Å². The van der Waals surface area contributed by atoms with E-state index in [1.807, 2.05) is 49.5 Å². The van der Waals surface area contributed by atoms with E-state index in [0.29, 0.717) is 11.3 Å². The third kappa shape index (κ3) is 4.32. The van der Waals surface area contributed by atoms with Gasteiger partial charge < -0.3 is 4.74 Å². The molecule has 0 saturated carbocycles. The molecule has 126 valence electrons. The van der Waals surface area contributed by atoms with Gasteiger partial charge >= 0.3 is 5.97 Å². The van der Waals surface area contributed by atoms with Crippen molar-refractivity contribution in [3.63, 3.8) is 0 Å². The van der Waals surface area contributed by atoms with Gasteiger partial charge in [-0.15, -0.1) is 0 Å². The number of aryl methyl sites for hydroxylation is 2. The highest BCUT2D eigenvalue weighted by Gasteiger charge is 2.09. The van der Waals surface area contributed by atoms with Gasteiger partial charge in [0.1, 0.15) is 5.75 Å². The Bertz CT molecular complexity index is 852. The fraction of sp³-hybridized carbons (Fsp3) is 0.182. The molecule has 0 spiro atoms. The molecule has 0 aliphatic heterocycles. The first-order valence-corrected chi connectivity index (χ1v) is 8.50. The fourth-order valence-corrected chi connectivity index (χ4v) is 2.65. The highest BCUT2D eigenvalue weighted by Crippen LogP contribution is 2.20. The van der Waals surface area contributed by atoms with Crippen molar-refractivity contribution in [2.24, 2.45) is 0 Å². The lowest BCUT2D eigenvalue weighted by Gasteiger charge is -2.06. The Morgan fingerprint density at radius 1 is 1.04 bits per heavy atom. The lowest BCUT2D eigenvalue weighted by atomic mass is 10.1. The van der Waals surface area contributed by atoms with E-state index in [-0.39, 0.29) is 5.97 Å². The standard InChI is InChI=1S/C22H21NO2/c1-3-5-17-8-13-21(23-15-17)18-9-11-19(12-10-18)22(24)25-20-7-4-6-16(2)14-20/h4,6-15H,3,5H2,1-2H3. The zero-order valence-electron chi connectivity index (χ0n) is 14.5. The molecule has 3 rings (SSSR count). The molecular formula is C22H21NO2. The van der Waals surface area contributed by atoms with E-state index in [4.69, 9.17) is 4.74 Å². The third-order valence-electron chi connectivity index (χ3n) is 3.98. The maximum atomic E-state index is 12.3. The summed E-state index contributed by atoms with van der Waals surface area (Å²) in [6.45, 7) is 4.12. The topological polar surface area (TPSA) is 39.2 Å². The number of carbonyl (C=O) groups is 1. The lowest BCUT2D eigenvalue weighted by molar-refractivity contribution is 0.0735. The van der Waals surface area contributed by atoms with Crippen molar-refractivity contribution in [1.29, 1.82) is 0 Å². The number of aromatic nitrogens is 1. The largest absolute Gasteiger partial charge is 0.423 e. The van der Waals surface area contributed by atoms with Gasteiger partial charge in [-0.05, 0) is 54.8 Å². The van der Waals surface area contributed by atoms with E-state index >= 15 is 0 Å². The SMILES string of the molecule is CCCc1ccc(-c2ccc(C(=O)Oc3cccc(C)c3)cc2)nc1. The summed E-state index contributed by atoms with van der Waals surface area (Å²) in [6.07, 6.45) is 4.06. The monoisotopic (exact) mass is 331 g/mol. The molecule has 0 atom stereocenters. The van der Waals surface area contributed by atoms with Crippen molar-refractivity contribution in [1.82, 2.24) is 4.98 Å². The molecule has 2 aromatic carbocycles. The molecule has 3 nitrogen and oxygen atoms in total. The summed E-state index contributed by atoms with van der Waals surface area (Å²) in [4.78, 5) is 16.8. The van der Waals surface area contributed by atoms with Crippen LogP contribution in [0.2, 0.25) is 0 Å². The highest BCUT2D eigenvalue weighted by molar-refractivity contribution is 5.91. The van der Waals surface area contributed by atoms with Crippen LogP contribution in [-0.2, 0) is 6.42 Å². The molecule has 3 aromatic rings. The minimum absolute atomic E-state index is 0.358. The zero-order valence-corrected chi connectivity index (χ0v) is 14.5. The minimum Gasteiger partial charge on any atom is -0.423 e. The van der Waals surface area contributed by atoms with Gasteiger partial charge in [0.15, 0.2) is 0 Å². The highest BCUT2D eigenvalue weighted by atomic mass is 16.5. The van der Waals surface area contributed by atoms with E-state index in [2.05, 4.69) is 18.0 Å². The Morgan fingerprint density at radius 3 is 2.48 bits per heavy atom. The number of hydrogen-bond donors (Lipinski definition) is 0. The average Bonchev–Trinajstić information content (AvgIpc) is 2.63. The summed E-state index contributed by atoms with van der Waals surface area (Å²) in [5.74, 6) is 0.200. The van der Waals surface area contributed by atoms with Crippen molar-refractivity contribution < 1.29 is 9.53 Å². The summed E-state index contributed by atoms with van der Waals surface area (Å²) in [5.41, 5.74) is 4.70. The first kappa shape index (κ1) is 16.9. The van der Waals surface area contributed by atoms with Crippen LogP contribution < -0.4 is 4.74 Å². The molecule has 0 N–H and O–H groups in total.